The first-order valence-corrected chi connectivity index (χ1v) is 11.4. The lowest BCUT2D eigenvalue weighted by atomic mass is 9.98. The predicted octanol–water partition coefficient (Wildman–Crippen LogP) is 3.43. The van der Waals surface area contributed by atoms with Crippen LogP contribution in [0.2, 0.25) is 0 Å². The highest BCUT2D eigenvalue weighted by atomic mass is 16.8. The number of carbonyl (C=O) groups excluding carboxylic acids is 1. The molecular weight excluding hydrogens is 444 g/mol. The van der Waals surface area contributed by atoms with Gasteiger partial charge in [-0.05, 0) is 27.2 Å². The molecule has 3 aliphatic heterocycles. The largest absolute Gasteiger partial charge is 0.466 e. The number of hydrogen-bond acceptors (Lipinski definition) is 9. The van der Waals surface area contributed by atoms with Crippen LogP contribution in [-0.4, -0.2) is 62.0 Å². The molecule has 0 aromatic heterocycles. The van der Waals surface area contributed by atoms with Gasteiger partial charge in [0, 0.05) is 24.7 Å². The zero-order valence-electron chi connectivity index (χ0n) is 20.1. The molecule has 3 heterocycles. The van der Waals surface area contributed by atoms with Crippen molar-refractivity contribution in [2.75, 3.05) is 20.7 Å². The van der Waals surface area contributed by atoms with E-state index >= 15 is 0 Å². The summed E-state index contributed by atoms with van der Waals surface area (Å²) in [6, 6.07) is 1.61. The number of aliphatic hydroxyl groups excluding tert-OH is 1. The minimum absolute atomic E-state index is 0.0264. The van der Waals surface area contributed by atoms with Gasteiger partial charge in [-0.3, -0.25) is 0 Å². The predicted molar refractivity (Wildman–Crippen MR) is 122 cm³/mol. The standard InChI is InChI=1S/C25H32O9/c1-14-9-10-17(26)23-18(33-25(3,4)34-23)8-6-7-16-21(24(27)32-15(14)2)19(29-12-28-5)11-20-22(16)31-13-30-20/h6-7,9-11,14-15,17-18,23,26H,8,12-13H2,1-5H3/t14-,15+,17?,18+,23-/m1/s1. The molecule has 0 radical (unpaired) electrons. The van der Waals surface area contributed by atoms with Crippen LogP contribution >= 0.6 is 0 Å². The number of benzene rings is 1. The molecule has 1 unspecified atom stereocenters. The van der Waals surface area contributed by atoms with Gasteiger partial charge in [0.2, 0.25) is 6.79 Å². The maximum Gasteiger partial charge on any atom is 0.342 e. The Balaban J connectivity index is 1.79. The molecule has 0 bridgehead atoms. The van der Waals surface area contributed by atoms with E-state index in [1.165, 1.54) is 7.11 Å². The molecule has 1 saturated heterocycles. The van der Waals surface area contributed by atoms with E-state index in [1.807, 2.05) is 32.9 Å². The highest BCUT2D eigenvalue weighted by molar-refractivity contribution is 5.99. The molecule has 5 atom stereocenters. The van der Waals surface area contributed by atoms with Crippen molar-refractivity contribution in [2.45, 2.75) is 64.3 Å². The topological polar surface area (TPSA) is 102 Å². The van der Waals surface area contributed by atoms with E-state index in [9.17, 15) is 9.90 Å². The number of hydrogen-bond donors (Lipinski definition) is 1. The average molecular weight is 477 g/mol. The zero-order valence-corrected chi connectivity index (χ0v) is 20.1. The quantitative estimate of drug-likeness (QED) is 0.399. The van der Waals surface area contributed by atoms with Crippen molar-refractivity contribution in [1.82, 2.24) is 0 Å². The van der Waals surface area contributed by atoms with Crippen molar-refractivity contribution in [3.63, 3.8) is 0 Å². The van der Waals surface area contributed by atoms with Gasteiger partial charge in [0.25, 0.3) is 0 Å². The number of ether oxygens (including phenoxy) is 7. The Kier molecular flexibility index (Phi) is 7.18. The van der Waals surface area contributed by atoms with Crippen LogP contribution in [0.15, 0.2) is 24.3 Å². The van der Waals surface area contributed by atoms with Crippen LogP contribution in [0.4, 0.5) is 0 Å². The fraction of sp³-hybridized carbons (Fsp3) is 0.560. The number of fused-ring (bicyclic) bond motifs is 4. The first kappa shape index (κ1) is 24.5. The summed E-state index contributed by atoms with van der Waals surface area (Å²) in [7, 11) is 1.50. The van der Waals surface area contributed by atoms with E-state index in [1.54, 1.807) is 25.1 Å². The Morgan fingerprint density at radius 2 is 1.97 bits per heavy atom. The zero-order chi connectivity index (χ0) is 24.5. The molecule has 1 aromatic carbocycles. The summed E-state index contributed by atoms with van der Waals surface area (Å²) in [5.41, 5.74) is 0.701. The monoisotopic (exact) mass is 476 g/mol. The highest BCUT2D eigenvalue weighted by Crippen LogP contribution is 2.44. The molecule has 0 saturated carbocycles. The second-order valence-corrected chi connectivity index (χ2v) is 9.07. The van der Waals surface area contributed by atoms with Crippen molar-refractivity contribution in [1.29, 1.82) is 0 Å². The summed E-state index contributed by atoms with van der Waals surface area (Å²) < 4.78 is 39.8. The molecule has 34 heavy (non-hydrogen) atoms. The van der Waals surface area contributed by atoms with Gasteiger partial charge in [-0.25, -0.2) is 4.79 Å². The first-order chi connectivity index (χ1) is 16.2. The molecule has 9 heteroatoms. The van der Waals surface area contributed by atoms with E-state index in [-0.39, 0.29) is 30.8 Å². The third-order valence-electron chi connectivity index (χ3n) is 6.06. The van der Waals surface area contributed by atoms with Gasteiger partial charge in [0.15, 0.2) is 24.1 Å². The number of aliphatic hydroxyl groups is 1. The van der Waals surface area contributed by atoms with Crippen molar-refractivity contribution in [3.8, 4) is 17.2 Å². The summed E-state index contributed by atoms with van der Waals surface area (Å²) in [6.45, 7) is 7.31. The molecule has 9 nitrogen and oxygen atoms in total. The Morgan fingerprint density at radius 3 is 2.74 bits per heavy atom. The van der Waals surface area contributed by atoms with Gasteiger partial charge < -0.3 is 38.3 Å². The van der Waals surface area contributed by atoms with E-state index in [4.69, 9.17) is 33.2 Å². The minimum Gasteiger partial charge on any atom is -0.466 e. The van der Waals surface area contributed by atoms with Crippen molar-refractivity contribution in [2.24, 2.45) is 5.92 Å². The van der Waals surface area contributed by atoms with Gasteiger partial charge in [0.1, 0.15) is 29.6 Å². The smallest absolute Gasteiger partial charge is 0.342 e. The third kappa shape index (κ3) is 5.07. The lowest BCUT2D eigenvalue weighted by molar-refractivity contribution is -0.152. The van der Waals surface area contributed by atoms with Gasteiger partial charge in [-0.15, -0.1) is 0 Å². The summed E-state index contributed by atoms with van der Waals surface area (Å²) in [4.78, 5) is 13.4. The number of methoxy groups -OCH3 is 1. The molecule has 4 rings (SSSR count). The van der Waals surface area contributed by atoms with Crippen LogP contribution in [0.3, 0.4) is 0 Å². The first-order valence-electron chi connectivity index (χ1n) is 11.4. The average Bonchev–Trinajstić information content (AvgIpc) is 3.38. The Hall–Kier alpha value is -2.59. The van der Waals surface area contributed by atoms with E-state index in [0.717, 1.165) is 0 Å². The van der Waals surface area contributed by atoms with Crippen molar-refractivity contribution in [3.05, 3.63) is 35.4 Å². The molecule has 0 spiro atoms. The maximum absolute atomic E-state index is 13.4. The summed E-state index contributed by atoms with van der Waals surface area (Å²) in [5.74, 6) is -0.404. The van der Waals surface area contributed by atoms with E-state index < -0.39 is 36.2 Å². The fourth-order valence-corrected chi connectivity index (χ4v) is 4.19. The van der Waals surface area contributed by atoms with Crippen LogP contribution in [0.1, 0.15) is 50.0 Å². The lowest BCUT2D eigenvalue weighted by Crippen LogP contribution is -2.34. The molecular formula is C25H32O9. The van der Waals surface area contributed by atoms with Crippen molar-refractivity contribution < 1.29 is 43.1 Å². The Bertz CT molecular complexity index is 968. The van der Waals surface area contributed by atoms with Gasteiger partial charge >= 0.3 is 5.97 Å². The van der Waals surface area contributed by atoms with Crippen LogP contribution < -0.4 is 14.2 Å². The SMILES string of the molecule is COCOc1cc2c(c3c1C(=O)O[C@@H](C)[C@H](C)C=CC(O)[C@H]1OC(C)(C)O[C@H]1CC=C3)OCO2. The Morgan fingerprint density at radius 1 is 1.18 bits per heavy atom. The molecule has 3 aliphatic rings. The van der Waals surface area contributed by atoms with Crippen molar-refractivity contribution >= 4 is 12.0 Å². The minimum atomic E-state index is -0.879. The summed E-state index contributed by atoms with van der Waals surface area (Å²) in [6.07, 6.45) is 5.23. The van der Waals surface area contributed by atoms with E-state index in [0.29, 0.717) is 23.5 Å². The van der Waals surface area contributed by atoms with Gasteiger partial charge in [0.05, 0.1) is 6.10 Å². The molecule has 0 aliphatic carbocycles. The maximum atomic E-state index is 13.4. The number of rotatable bonds is 3. The van der Waals surface area contributed by atoms with Gasteiger partial charge in [-0.2, -0.15) is 0 Å². The number of carbonyl (C=O) groups is 1. The van der Waals surface area contributed by atoms with Crippen LogP contribution in [-0.2, 0) is 18.9 Å². The fourth-order valence-electron chi connectivity index (χ4n) is 4.19. The number of cyclic esters (lactones) is 1. The second-order valence-electron chi connectivity index (χ2n) is 9.07. The van der Waals surface area contributed by atoms with Gasteiger partial charge in [-0.1, -0.05) is 31.2 Å². The molecule has 0 amide bonds. The summed E-state index contributed by atoms with van der Waals surface area (Å²) >= 11 is 0. The van der Waals surface area contributed by atoms with E-state index in [2.05, 4.69) is 0 Å². The highest BCUT2D eigenvalue weighted by Gasteiger charge is 2.43. The molecule has 1 N–H and O–H groups in total. The normalized spacial score (nSPS) is 30.3. The molecule has 186 valence electrons. The molecule has 1 aromatic rings. The second kappa shape index (κ2) is 9.95. The lowest BCUT2D eigenvalue weighted by Gasteiger charge is -2.23. The molecule has 1 fully saturated rings. The summed E-state index contributed by atoms with van der Waals surface area (Å²) in [5, 5.41) is 10.8. The van der Waals surface area contributed by atoms with Crippen LogP contribution in [0, 0.1) is 5.92 Å². The van der Waals surface area contributed by atoms with Crippen LogP contribution in [0.25, 0.3) is 6.08 Å². The number of esters is 1. The van der Waals surface area contributed by atoms with Crippen LogP contribution in [0.5, 0.6) is 17.2 Å². The Labute approximate surface area is 199 Å². The third-order valence-corrected chi connectivity index (χ3v) is 6.06.